The second-order valence-electron chi connectivity index (χ2n) is 4.60. The molecule has 1 aliphatic rings. The molecule has 1 fully saturated rings. The van der Waals surface area contributed by atoms with Crippen LogP contribution in [0.2, 0.25) is 0 Å². The highest BCUT2D eigenvalue weighted by atomic mass is 16.4. The van der Waals surface area contributed by atoms with E-state index in [2.05, 4.69) is 0 Å². The van der Waals surface area contributed by atoms with Gasteiger partial charge in [-0.1, -0.05) is 12.1 Å². The molecule has 1 amide bonds. The highest BCUT2D eigenvalue weighted by molar-refractivity contribution is 5.89. The van der Waals surface area contributed by atoms with Crippen LogP contribution in [-0.2, 0) is 9.59 Å². The van der Waals surface area contributed by atoms with Crippen LogP contribution in [0.5, 0.6) is 0 Å². The smallest absolute Gasteiger partial charge is 0.328 e. The Labute approximate surface area is 106 Å². The van der Waals surface area contributed by atoms with Gasteiger partial charge in [0.25, 0.3) is 0 Å². The summed E-state index contributed by atoms with van der Waals surface area (Å²) < 4.78 is 0. The van der Waals surface area contributed by atoms with Crippen molar-refractivity contribution in [2.45, 2.75) is 13.0 Å². The van der Waals surface area contributed by atoms with Gasteiger partial charge in [-0.2, -0.15) is 0 Å². The molecule has 1 unspecified atom stereocenters. The van der Waals surface area contributed by atoms with Crippen LogP contribution in [0.3, 0.4) is 0 Å². The molecule has 1 saturated heterocycles. The highest BCUT2D eigenvalue weighted by Gasteiger charge is 2.34. The first-order valence-corrected chi connectivity index (χ1v) is 5.79. The summed E-state index contributed by atoms with van der Waals surface area (Å²) in [6.45, 7) is 2.26. The Kier molecular flexibility index (Phi) is 3.23. The summed E-state index contributed by atoms with van der Waals surface area (Å²) in [5.41, 5.74) is 1.83. The first-order valence-electron chi connectivity index (χ1n) is 5.79. The standard InChI is InChI=1S/C13H16N2O3/c1-9-4-3-5-10(6-9)15-8-12(16)14(2)7-11(15)13(17)18/h3-6,11H,7-8H2,1-2H3,(H,17,18). The van der Waals surface area contributed by atoms with Gasteiger partial charge in [0.2, 0.25) is 5.91 Å². The molecule has 0 radical (unpaired) electrons. The zero-order valence-electron chi connectivity index (χ0n) is 10.5. The fourth-order valence-corrected chi connectivity index (χ4v) is 2.13. The number of anilines is 1. The second kappa shape index (κ2) is 4.68. The number of aliphatic carboxylic acids is 1. The zero-order valence-corrected chi connectivity index (χ0v) is 10.5. The predicted molar refractivity (Wildman–Crippen MR) is 67.6 cm³/mol. The number of carbonyl (C=O) groups is 2. The van der Waals surface area contributed by atoms with Gasteiger partial charge in [0.15, 0.2) is 0 Å². The van der Waals surface area contributed by atoms with Crippen molar-refractivity contribution in [1.82, 2.24) is 4.90 Å². The normalized spacial score (nSPS) is 20.1. The minimum atomic E-state index is -0.907. The number of hydrogen-bond donors (Lipinski definition) is 1. The quantitative estimate of drug-likeness (QED) is 0.838. The third kappa shape index (κ3) is 2.30. The molecule has 0 saturated carbocycles. The number of likely N-dealkylation sites (N-methyl/N-ethyl adjacent to an activating group) is 1. The molecule has 18 heavy (non-hydrogen) atoms. The Balaban J connectivity index is 2.33. The molecule has 1 atom stereocenters. The number of amides is 1. The average Bonchev–Trinajstić information content (AvgIpc) is 2.31. The Morgan fingerprint density at radius 2 is 2.17 bits per heavy atom. The predicted octanol–water partition coefficient (Wildman–Crippen LogP) is 0.727. The first-order chi connectivity index (χ1) is 8.49. The summed E-state index contributed by atoms with van der Waals surface area (Å²) in [7, 11) is 1.63. The maximum absolute atomic E-state index is 11.7. The number of rotatable bonds is 2. The summed E-state index contributed by atoms with van der Waals surface area (Å²) in [6.07, 6.45) is 0. The molecule has 0 aromatic heterocycles. The number of carboxylic acids is 1. The van der Waals surface area contributed by atoms with E-state index in [0.29, 0.717) is 0 Å². The van der Waals surface area contributed by atoms with Crippen molar-refractivity contribution in [1.29, 1.82) is 0 Å². The van der Waals surface area contributed by atoms with Gasteiger partial charge in [-0.05, 0) is 24.6 Å². The number of benzene rings is 1. The third-order valence-electron chi connectivity index (χ3n) is 3.17. The topological polar surface area (TPSA) is 60.9 Å². The van der Waals surface area contributed by atoms with Crippen molar-refractivity contribution < 1.29 is 14.7 Å². The maximum atomic E-state index is 11.7. The van der Waals surface area contributed by atoms with E-state index < -0.39 is 12.0 Å². The van der Waals surface area contributed by atoms with Gasteiger partial charge < -0.3 is 14.9 Å². The molecule has 2 rings (SSSR count). The molecule has 1 aliphatic heterocycles. The van der Waals surface area contributed by atoms with Crippen LogP contribution in [0, 0.1) is 6.92 Å². The van der Waals surface area contributed by atoms with Gasteiger partial charge in [-0.15, -0.1) is 0 Å². The fraction of sp³-hybridized carbons (Fsp3) is 0.385. The number of carboxylic acid groups (broad SMARTS) is 1. The number of hydrogen-bond acceptors (Lipinski definition) is 3. The molecule has 0 bridgehead atoms. The van der Waals surface area contributed by atoms with E-state index in [1.807, 2.05) is 31.2 Å². The van der Waals surface area contributed by atoms with Crippen molar-refractivity contribution >= 4 is 17.6 Å². The lowest BCUT2D eigenvalue weighted by Crippen LogP contribution is -2.58. The highest BCUT2D eigenvalue weighted by Crippen LogP contribution is 2.21. The molecule has 1 heterocycles. The number of piperazine rings is 1. The Morgan fingerprint density at radius 3 is 2.78 bits per heavy atom. The van der Waals surface area contributed by atoms with Gasteiger partial charge in [0, 0.05) is 12.7 Å². The van der Waals surface area contributed by atoms with E-state index in [-0.39, 0.29) is 19.0 Å². The van der Waals surface area contributed by atoms with Crippen LogP contribution < -0.4 is 4.90 Å². The Bertz CT molecular complexity index is 487. The van der Waals surface area contributed by atoms with E-state index >= 15 is 0 Å². The zero-order chi connectivity index (χ0) is 13.3. The lowest BCUT2D eigenvalue weighted by atomic mass is 10.1. The summed E-state index contributed by atoms with van der Waals surface area (Å²) in [4.78, 5) is 26.1. The number of carbonyl (C=O) groups excluding carboxylic acids is 1. The van der Waals surface area contributed by atoms with Gasteiger partial charge in [-0.3, -0.25) is 4.79 Å². The van der Waals surface area contributed by atoms with E-state index in [9.17, 15) is 14.7 Å². The van der Waals surface area contributed by atoms with Crippen molar-refractivity contribution in [3.8, 4) is 0 Å². The lowest BCUT2D eigenvalue weighted by Gasteiger charge is -2.38. The molecule has 5 heteroatoms. The van der Waals surface area contributed by atoms with Gasteiger partial charge in [-0.25, -0.2) is 4.79 Å². The van der Waals surface area contributed by atoms with Crippen molar-refractivity contribution in [2.24, 2.45) is 0 Å². The third-order valence-corrected chi connectivity index (χ3v) is 3.17. The van der Waals surface area contributed by atoms with Crippen LogP contribution in [0.25, 0.3) is 0 Å². The van der Waals surface area contributed by atoms with E-state index in [1.54, 1.807) is 11.9 Å². The van der Waals surface area contributed by atoms with E-state index in [4.69, 9.17) is 0 Å². The van der Waals surface area contributed by atoms with Crippen LogP contribution in [0.1, 0.15) is 5.56 Å². The van der Waals surface area contributed by atoms with Crippen molar-refractivity contribution in [3.05, 3.63) is 29.8 Å². The SMILES string of the molecule is Cc1cccc(N2CC(=O)N(C)CC2C(=O)O)c1. The molecule has 0 aliphatic carbocycles. The summed E-state index contributed by atoms with van der Waals surface area (Å²) in [5, 5.41) is 9.26. The largest absolute Gasteiger partial charge is 0.480 e. The molecular formula is C13H16N2O3. The fourth-order valence-electron chi connectivity index (χ4n) is 2.13. The Morgan fingerprint density at radius 1 is 1.44 bits per heavy atom. The summed E-state index contributed by atoms with van der Waals surface area (Å²) in [6, 6.07) is 6.86. The van der Waals surface area contributed by atoms with Crippen LogP contribution in [0.4, 0.5) is 5.69 Å². The van der Waals surface area contributed by atoms with Crippen LogP contribution >= 0.6 is 0 Å². The lowest BCUT2D eigenvalue weighted by molar-refractivity contribution is -0.141. The van der Waals surface area contributed by atoms with Crippen LogP contribution in [0.15, 0.2) is 24.3 Å². The first kappa shape index (κ1) is 12.4. The van der Waals surface area contributed by atoms with Crippen molar-refractivity contribution in [3.63, 3.8) is 0 Å². The monoisotopic (exact) mass is 248 g/mol. The molecule has 1 aromatic carbocycles. The Hall–Kier alpha value is -2.04. The summed E-state index contributed by atoms with van der Waals surface area (Å²) in [5.74, 6) is -0.968. The van der Waals surface area contributed by atoms with Gasteiger partial charge in [0.05, 0.1) is 13.1 Å². The summed E-state index contributed by atoms with van der Waals surface area (Å²) >= 11 is 0. The molecule has 1 aromatic rings. The molecule has 96 valence electrons. The minimum Gasteiger partial charge on any atom is -0.480 e. The van der Waals surface area contributed by atoms with Gasteiger partial charge >= 0.3 is 5.97 Å². The van der Waals surface area contributed by atoms with Gasteiger partial charge in [0.1, 0.15) is 6.04 Å². The molecule has 0 spiro atoms. The number of nitrogens with zero attached hydrogens (tertiary/aromatic N) is 2. The second-order valence-corrected chi connectivity index (χ2v) is 4.60. The average molecular weight is 248 g/mol. The molecular weight excluding hydrogens is 232 g/mol. The van der Waals surface area contributed by atoms with Crippen molar-refractivity contribution in [2.75, 3.05) is 25.0 Å². The maximum Gasteiger partial charge on any atom is 0.328 e. The molecule has 5 nitrogen and oxygen atoms in total. The molecule has 1 N–H and O–H groups in total. The van der Waals surface area contributed by atoms with Crippen LogP contribution in [-0.4, -0.2) is 48.1 Å². The van der Waals surface area contributed by atoms with E-state index in [1.165, 1.54) is 4.90 Å². The number of aryl methyl sites for hydroxylation is 1. The minimum absolute atomic E-state index is 0.0611. The van der Waals surface area contributed by atoms with E-state index in [0.717, 1.165) is 11.3 Å².